The van der Waals surface area contributed by atoms with Crippen LogP contribution in [-0.2, 0) is 0 Å². The number of anilines is 1. The van der Waals surface area contributed by atoms with Crippen LogP contribution in [0.25, 0.3) is 11.4 Å². The maximum absolute atomic E-state index is 13.6. The molecule has 88 valence electrons. The van der Waals surface area contributed by atoms with Crippen LogP contribution in [0.1, 0.15) is 0 Å². The van der Waals surface area contributed by atoms with Gasteiger partial charge in [-0.1, -0.05) is 15.9 Å². The van der Waals surface area contributed by atoms with Crippen molar-refractivity contribution >= 4 is 33.5 Å². The van der Waals surface area contributed by atoms with Gasteiger partial charge in [0.25, 0.3) is 0 Å². The molecule has 17 heavy (non-hydrogen) atoms. The lowest BCUT2D eigenvalue weighted by Crippen LogP contribution is -2.02. The van der Waals surface area contributed by atoms with Crippen LogP contribution < -0.4 is 5.73 Å². The van der Waals surface area contributed by atoms with Gasteiger partial charge in [-0.05, 0) is 23.7 Å². The highest BCUT2D eigenvalue weighted by atomic mass is 79.9. The second-order valence-corrected chi connectivity index (χ2v) is 4.28. The van der Waals surface area contributed by atoms with Gasteiger partial charge in [-0.2, -0.15) is 15.0 Å². The van der Waals surface area contributed by atoms with Gasteiger partial charge < -0.3 is 5.73 Å². The number of nitrogens with zero attached hydrogens (tertiary/aromatic N) is 3. The molecular formula is C9H4BrClF2N4. The Bertz CT molecular complexity index is 550. The summed E-state index contributed by atoms with van der Waals surface area (Å²) in [6, 6.07) is 2.18. The normalized spacial score (nSPS) is 10.6. The molecule has 0 bridgehead atoms. The van der Waals surface area contributed by atoms with Gasteiger partial charge in [0.1, 0.15) is 11.6 Å². The fraction of sp³-hybridized carbons (Fsp3) is 0. The summed E-state index contributed by atoms with van der Waals surface area (Å²) >= 11 is 8.50. The van der Waals surface area contributed by atoms with Gasteiger partial charge in [-0.3, -0.25) is 0 Å². The molecule has 2 aromatic rings. The summed E-state index contributed by atoms with van der Waals surface area (Å²) in [4.78, 5) is 10.8. The van der Waals surface area contributed by atoms with Crippen molar-refractivity contribution in [3.05, 3.63) is 33.5 Å². The van der Waals surface area contributed by atoms with E-state index < -0.39 is 17.2 Å². The lowest BCUT2D eigenvalue weighted by atomic mass is 10.2. The molecule has 1 aromatic heterocycles. The van der Waals surface area contributed by atoms with E-state index in [2.05, 4.69) is 30.9 Å². The molecule has 1 aromatic carbocycles. The third kappa shape index (κ3) is 2.50. The minimum atomic E-state index is -0.821. The molecule has 8 heteroatoms. The minimum Gasteiger partial charge on any atom is -0.368 e. The summed E-state index contributed by atoms with van der Waals surface area (Å²) in [5.74, 6) is -2.09. The molecule has 0 aliphatic carbocycles. The first-order valence-electron chi connectivity index (χ1n) is 4.29. The van der Waals surface area contributed by atoms with Gasteiger partial charge >= 0.3 is 0 Å². The molecule has 0 unspecified atom stereocenters. The van der Waals surface area contributed by atoms with Crippen LogP contribution in [0.2, 0.25) is 5.28 Å². The summed E-state index contributed by atoms with van der Waals surface area (Å²) in [6.07, 6.45) is 0. The Balaban J connectivity index is 2.68. The van der Waals surface area contributed by atoms with E-state index in [9.17, 15) is 8.78 Å². The van der Waals surface area contributed by atoms with E-state index >= 15 is 0 Å². The van der Waals surface area contributed by atoms with Gasteiger partial charge in [0.05, 0.1) is 5.56 Å². The van der Waals surface area contributed by atoms with Crippen molar-refractivity contribution in [1.29, 1.82) is 0 Å². The quantitative estimate of drug-likeness (QED) is 0.877. The SMILES string of the molecule is Nc1nc(Cl)nc(-c2c(F)cc(Br)cc2F)n1. The van der Waals surface area contributed by atoms with Gasteiger partial charge in [0.15, 0.2) is 5.82 Å². The zero-order valence-electron chi connectivity index (χ0n) is 8.09. The third-order valence-electron chi connectivity index (χ3n) is 1.86. The maximum atomic E-state index is 13.6. The summed E-state index contributed by atoms with van der Waals surface area (Å²) in [5, 5.41) is -0.228. The van der Waals surface area contributed by atoms with Crippen molar-refractivity contribution in [3.63, 3.8) is 0 Å². The first-order valence-corrected chi connectivity index (χ1v) is 5.46. The fourth-order valence-corrected chi connectivity index (χ4v) is 1.80. The monoisotopic (exact) mass is 320 g/mol. The average Bonchev–Trinajstić information content (AvgIpc) is 2.13. The van der Waals surface area contributed by atoms with Crippen LogP contribution in [-0.4, -0.2) is 15.0 Å². The Kier molecular flexibility index (Phi) is 3.21. The smallest absolute Gasteiger partial charge is 0.227 e. The second-order valence-electron chi connectivity index (χ2n) is 3.03. The predicted octanol–water partition coefficient (Wildman–Crippen LogP) is 2.81. The van der Waals surface area contributed by atoms with Gasteiger partial charge in [0, 0.05) is 4.47 Å². The Morgan fingerprint density at radius 2 is 1.71 bits per heavy atom. The molecule has 0 amide bonds. The molecule has 0 aliphatic rings. The number of aromatic nitrogens is 3. The van der Waals surface area contributed by atoms with Gasteiger partial charge in [-0.15, -0.1) is 0 Å². The topological polar surface area (TPSA) is 64.7 Å². The lowest BCUT2D eigenvalue weighted by molar-refractivity contribution is 0.586. The zero-order valence-corrected chi connectivity index (χ0v) is 10.4. The minimum absolute atomic E-state index is 0.207. The number of hydrogen-bond acceptors (Lipinski definition) is 4. The number of halogens is 4. The Hall–Kier alpha value is -1.34. The highest BCUT2D eigenvalue weighted by Gasteiger charge is 2.16. The molecule has 0 spiro atoms. The fourth-order valence-electron chi connectivity index (χ4n) is 1.23. The Morgan fingerprint density at radius 1 is 1.12 bits per heavy atom. The van der Waals surface area contributed by atoms with E-state index in [1.807, 2.05) is 0 Å². The maximum Gasteiger partial charge on any atom is 0.227 e. The first kappa shape index (κ1) is 12.1. The van der Waals surface area contributed by atoms with Crippen LogP contribution in [0.5, 0.6) is 0 Å². The first-order chi connectivity index (χ1) is 7.97. The molecule has 0 saturated heterocycles. The van der Waals surface area contributed by atoms with Crippen molar-refractivity contribution in [2.45, 2.75) is 0 Å². The predicted molar refractivity (Wildman–Crippen MR) is 62.3 cm³/mol. The molecule has 0 fully saturated rings. The summed E-state index contributed by atoms with van der Waals surface area (Å²) in [7, 11) is 0. The van der Waals surface area contributed by atoms with Crippen LogP contribution in [0.4, 0.5) is 14.7 Å². The van der Waals surface area contributed by atoms with Crippen LogP contribution >= 0.6 is 27.5 Å². The number of rotatable bonds is 1. The summed E-state index contributed by atoms with van der Waals surface area (Å²) in [6.45, 7) is 0. The van der Waals surface area contributed by atoms with E-state index in [1.165, 1.54) is 0 Å². The lowest BCUT2D eigenvalue weighted by Gasteiger charge is -2.05. The summed E-state index contributed by atoms with van der Waals surface area (Å²) < 4.78 is 27.5. The molecular weight excluding hydrogens is 317 g/mol. The van der Waals surface area contributed by atoms with E-state index in [4.69, 9.17) is 17.3 Å². The van der Waals surface area contributed by atoms with E-state index in [0.717, 1.165) is 12.1 Å². The summed E-state index contributed by atoms with van der Waals surface area (Å²) in [5.41, 5.74) is 4.93. The van der Waals surface area contributed by atoms with Crippen molar-refractivity contribution in [3.8, 4) is 11.4 Å². The molecule has 2 rings (SSSR count). The molecule has 4 nitrogen and oxygen atoms in total. The van der Waals surface area contributed by atoms with Crippen molar-refractivity contribution in [2.24, 2.45) is 0 Å². The van der Waals surface area contributed by atoms with Crippen LogP contribution in [0, 0.1) is 11.6 Å². The number of benzene rings is 1. The Morgan fingerprint density at radius 3 is 2.24 bits per heavy atom. The molecule has 1 heterocycles. The van der Waals surface area contributed by atoms with Crippen LogP contribution in [0.15, 0.2) is 16.6 Å². The molecule has 0 aliphatic heterocycles. The molecule has 0 radical (unpaired) electrons. The van der Waals surface area contributed by atoms with Gasteiger partial charge in [0.2, 0.25) is 11.2 Å². The Labute approximate surface area is 108 Å². The van der Waals surface area contributed by atoms with Gasteiger partial charge in [-0.25, -0.2) is 8.78 Å². The highest BCUT2D eigenvalue weighted by Crippen LogP contribution is 2.27. The highest BCUT2D eigenvalue weighted by molar-refractivity contribution is 9.10. The van der Waals surface area contributed by atoms with E-state index in [0.29, 0.717) is 0 Å². The van der Waals surface area contributed by atoms with E-state index in [-0.39, 0.29) is 21.5 Å². The van der Waals surface area contributed by atoms with Crippen molar-refractivity contribution in [2.75, 3.05) is 5.73 Å². The average molecular weight is 322 g/mol. The second kappa shape index (κ2) is 4.50. The van der Waals surface area contributed by atoms with Crippen molar-refractivity contribution in [1.82, 2.24) is 15.0 Å². The number of hydrogen-bond donors (Lipinski definition) is 1. The third-order valence-corrected chi connectivity index (χ3v) is 2.48. The van der Waals surface area contributed by atoms with Crippen molar-refractivity contribution < 1.29 is 8.78 Å². The standard InChI is InChI=1S/C9H4BrClF2N4/c10-3-1-4(12)6(5(13)2-3)7-15-8(11)17-9(14)16-7/h1-2H,(H2,14,15,16,17). The largest absolute Gasteiger partial charge is 0.368 e. The van der Waals surface area contributed by atoms with E-state index in [1.54, 1.807) is 0 Å². The molecule has 2 N–H and O–H groups in total. The zero-order chi connectivity index (χ0) is 12.6. The van der Waals surface area contributed by atoms with Crippen LogP contribution in [0.3, 0.4) is 0 Å². The molecule has 0 atom stereocenters. The number of nitrogen functional groups attached to an aromatic ring is 1. The number of nitrogens with two attached hydrogens (primary N) is 1. The molecule has 0 saturated carbocycles.